The Kier molecular flexibility index (Phi) is 4.79. The number of carbonyl (C=O) groups is 3. The van der Waals surface area contributed by atoms with E-state index in [9.17, 15) is 14.4 Å². The first-order valence-corrected chi connectivity index (χ1v) is 10.9. The van der Waals surface area contributed by atoms with Crippen LogP contribution in [0.4, 0.5) is 4.79 Å². The molecule has 0 unspecified atom stereocenters. The average molecular weight is 413 g/mol. The smallest absolute Gasteiger partial charge is 0.325 e. The Balaban J connectivity index is 1.32. The standard InChI is InChI=1S/C22H27N3O5/c26-19(14-25-20(27)22(23-21(25)28)8-1-2-9-22)24-10-3-5-16(24)15-6-7-17-18(13-15)30-12-4-11-29-17/h6-7,13,16H,1-5,8-12,14H2,(H,23,28)/t16-/m0/s1. The summed E-state index contributed by atoms with van der Waals surface area (Å²) in [7, 11) is 0. The maximum atomic E-state index is 13.1. The quantitative estimate of drug-likeness (QED) is 0.769. The number of likely N-dealkylation sites (tertiary alicyclic amines) is 1. The topological polar surface area (TPSA) is 88.2 Å². The van der Waals surface area contributed by atoms with Crippen molar-refractivity contribution in [2.24, 2.45) is 0 Å². The second-order valence-corrected chi connectivity index (χ2v) is 8.61. The fourth-order valence-electron chi connectivity index (χ4n) is 5.16. The van der Waals surface area contributed by atoms with Gasteiger partial charge in [0.05, 0.1) is 19.3 Å². The molecule has 4 aliphatic rings. The van der Waals surface area contributed by atoms with Crippen molar-refractivity contribution in [1.29, 1.82) is 0 Å². The molecule has 1 spiro atoms. The Morgan fingerprint density at radius 3 is 2.63 bits per heavy atom. The van der Waals surface area contributed by atoms with Gasteiger partial charge in [-0.15, -0.1) is 0 Å². The Labute approximate surface area is 175 Å². The number of amides is 4. The van der Waals surface area contributed by atoms with Crippen LogP contribution in [0.1, 0.15) is 56.6 Å². The number of hydrogen-bond donors (Lipinski definition) is 1. The van der Waals surface area contributed by atoms with Crippen LogP contribution in [0.15, 0.2) is 18.2 Å². The van der Waals surface area contributed by atoms with Crippen molar-refractivity contribution in [1.82, 2.24) is 15.1 Å². The van der Waals surface area contributed by atoms with Crippen molar-refractivity contribution in [3.63, 3.8) is 0 Å². The maximum absolute atomic E-state index is 13.1. The molecule has 1 saturated carbocycles. The molecule has 8 nitrogen and oxygen atoms in total. The lowest BCUT2D eigenvalue weighted by molar-refractivity contribution is -0.139. The van der Waals surface area contributed by atoms with E-state index in [1.807, 2.05) is 18.2 Å². The molecule has 0 bridgehead atoms. The van der Waals surface area contributed by atoms with Crippen molar-refractivity contribution < 1.29 is 23.9 Å². The van der Waals surface area contributed by atoms with Gasteiger partial charge in [0.2, 0.25) is 5.91 Å². The van der Waals surface area contributed by atoms with E-state index < -0.39 is 11.6 Å². The predicted molar refractivity (Wildman–Crippen MR) is 107 cm³/mol. The predicted octanol–water partition coefficient (Wildman–Crippen LogP) is 2.38. The van der Waals surface area contributed by atoms with Crippen LogP contribution in [-0.2, 0) is 9.59 Å². The molecular weight excluding hydrogens is 386 g/mol. The van der Waals surface area contributed by atoms with Gasteiger partial charge in [-0.25, -0.2) is 4.79 Å². The summed E-state index contributed by atoms with van der Waals surface area (Å²) in [5, 5.41) is 2.84. The number of imide groups is 1. The first kappa shape index (κ1) is 19.2. The van der Waals surface area contributed by atoms with E-state index in [-0.39, 0.29) is 24.4 Å². The summed E-state index contributed by atoms with van der Waals surface area (Å²) >= 11 is 0. The number of rotatable bonds is 3. The molecular formula is C22H27N3O5. The molecule has 0 radical (unpaired) electrons. The van der Waals surface area contributed by atoms with Crippen LogP contribution >= 0.6 is 0 Å². The highest BCUT2D eigenvalue weighted by Gasteiger charge is 2.53. The largest absolute Gasteiger partial charge is 0.490 e. The number of nitrogens with one attached hydrogen (secondary N) is 1. The van der Waals surface area contributed by atoms with Crippen LogP contribution < -0.4 is 14.8 Å². The maximum Gasteiger partial charge on any atom is 0.325 e. The second-order valence-electron chi connectivity index (χ2n) is 8.61. The number of ether oxygens (including phenoxy) is 2. The number of nitrogens with zero attached hydrogens (tertiary/aromatic N) is 2. The third-order valence-corrected chi connectivity index (χ3v) is 6.73. The van der Waals surface area contributed by atoms with Gasteiger partial charge < -0.3 is 19.7 Å². The van der Waals surface area contributed by atoms with Crippen molar-refractivity contribution >= 4 is 17.8 Å². The van der Waals surface area contributed by atoms with Gasteiger partial charge in [0.15, 0.2) is 11.5 Å². The van der Waals surface area contributed by atoms with Crippen LogP contribution in [0.25, 0.3) is 0 Å². The Bertz CT molecular complexity index is 880. The summed E-state index contributed by atoms with van der Waals surface area (Å²) in [6.07, 6.45) is 5.73. The molecule has 1 aromatic carbocycles. The lowest BCUT2D eigenvalue weighted by Crippen LogP contribution is -2.46. The van der Waals surface area contributed by atoms with E-state index >= 15 is 0 Å². The van der Waals surface area contributed by atoms with Crippen molar-refractivity contribution in [3.05, 3.63) is 23.8 Å². The summed E-state index contributed by atoms with van der Waals surface area (Å²) < 4.78 is 11.5. The van der Waals surface area contributed by atoms with Gasteiger partial charge in [-0.1, -0.05) is 18.9 Å². The number of carbonyl (C=O) groups excluding carboxylic acids is 3. The molecule has 1 aromatic rings. The lowest BCUT2D eigenvalue weighted by Gasteiger charge is -2.27. The van der Waals surface area contributed by atoms with Gasteiger partial charge in [-0.2, -0.15) is 0 Å². The molecule has 1 atom stereocenters. The molecule has 5 rings (SSSR count). The molecule has 160 valence electrons. The zero-order valence-electron chi connectivity index (χ0n) is 17.0. The number of urea groups is 1. The van der Waals surface area contributed by atoms with Crippen LogP contribution in [-0.4, -0.2) is 59.5 Å². The van der Waals surface area contributed by atoms with E-state index in [0.29, 0.717) is 38.3 Å². The normalized spacial score (nSPS) is 25.0. The van der Waals surface area contributed by atoms with Gasteiger partial charge >= 0.3 is 6.03 Å². The fraction of sp³-hybridized carbons (Fsp3) is 0.591. The molecule has 3 aliphatic heterocycles. The molecule has 30 heavy (non-hydrogen) atoms. The molecule has 1 N–H and O–H groups in total. The van der Waals surface area contributed by atoms with Gasteiger partial charge in [-0.05, 0) is 43.4 Å². The number of hydrogen-bond acceptors (Lipinski definition) is 5. The second kappa shape index (κ2) is 7.49. The van der Waals surface area contributed by atoms with Crippen LogP contribution in [0.3, 0.4) is 0 Å². The highest BCUT2D eigenvalue weighted by molar-refractivity contribution is 6.09. The molecule has 0 aromatic heterocycles. The summed E-state index contributed by atoms with van der Waals surface area (Å²) in [5.41, 5.74) is 0.213. The first-order chi connectivity index (χ1) is 14.6. The van der Waals surface area contributed by atoms with Gasteiger partial charge in [0.25, 0.3) is 5.91 Å². The van der Waals surface area contributed by atoms with Crippen molar-refractivity contribution in [2.45, 2.75) is 56.5 Å². The van der Waals surface area contributed by atoms with E-state index in [1.54, 1.807) is 4.90 Å². The minimum absolute atomic E-state index is 0.0872. The minimum atomic E-state index is -0.782. The minimum Gasteiger partial charge on any atom is -0.490 e. The molecule has 2 saturated heterocycles. The fourth-order valence-corrected chi connectivity index (χ4v) is 5.16. The summed E-state index contributed by atoms with van der Waals surface area (Å²) in [6.45, 7) is 1.66. The third-order valence-electron chi connectivity index (χ3n) is 6.73. The van der Waals surface area contributed by atoms with E-state index in [2.05, 4.69) is 5.32 Å². The molecule has 1 aliphatic carbocycles. The van der Waals surface area contributed by atoms with Crippen LogP contribution in [0, 0.1) is 0 Å². The lowest BCUT2D eigenvalue weighted by atomic mass is 9.98. The third kappa shape index (κ3) is 3.18. The highest BCUT2D eigenvalue weighted by atomic mass is 16.5. The van der Waals surface area contributed by atoms with E-state index in [0.717, 1.165) is 48.3 Å². The SMILES string of the molecule is O=C1NC2(CCCC2)C(=O)N1CC(=O)N1CCC[C@H]1c1ccc2c(c1)OCCCO2. The van der Waals surface area contributed by atoms with Gasteiger partial charge in [-0.3, -0.25) is 14.5 Å². The van der Waals surface area contributed by atoms with Crippen LogP contribution in [0.2, 0.25) is 0 Å². The zero-order chi connectivity index (χ0) is 20.7. The Morgan fingerprint density at radius 2 is 1.83 bits per heavy atom. The van der Waals surface area contributed by atoms with Gasteiger partial charge in [0.1, 0.15) is 12.1 Å². The van der Waals surface area contributed by atoms with E-state index in [1.165, 1.54) is 0 Å². The summed E-state index contributed by atoms with van der Waals surface area (Å²) in [5.74, 6) is 1.00. The van der Waals surface area contributed by atoms with Gasteiger partial charge in [0, 0.05) is 13.0 Å². The summed E-state index contributed by atoms with van der Waals surface area (Å²) in [4.78, 5) is 41.3. The Morgan fingerprint density at radius 1 is 1.07 bits per heavy atom. The number of fused-ring (bicyclic) bond motifs is 1. The molecule has 4 amide bonds. The average Bonchev–Trinajstić information content (AvgIpc) is 3.41. The van der Waals surface area contributed by atoms with Crippen molar-refractivity contribution in [2.75, 3.05) is 26.3 Å². The number of benzene rings is 1. The van der Waals surface area contributed by atoms with Crippen LogP contribution in [0.5, 0.6) is 11.5 Å². The summed E-state index contributed by atoms with van der Waals surface area (Å²) in [6, 6.07) is 5.30. The zero-order valence-corrected chi connectivity index (χ0v) is 17.0. The highest BCUT2D eigenvalue weighted by Crippen LogP contribution is 2.39. The first-order valence-electron chi connectivity index (χ1n) is 10.9. The molecule has 3 fully saturated rings. The Hall–Kier alpha value is -2.77. The molecule has 8 heteroatoms. The molecule has 3 heterocycles. The monoisotopic (exact) mass is 413 g/mol. The van der Waals surface area contributed by atoms with Crippen molar-refractivity contribution in [3.8, 4) is 11.5 Å². The van der Waals surface area contributed by atoms with E-state index in [4.69, 9.17) is 9.47 Å².